The van der Waals surface area contributed by atoms with E-state index < -0.39 is 5.97 Å². The summed E-state index contributed by atoms with van der Waals surface area (Å²) in [7, 11) is 0. The molecule has 0 radical (unpaired) electrons. The Bertz CT molecular complexity index is 399. The second-order valence-electron chi connectivity index (χ2n) is 2.58. The van der Waals surface area contributed by atoms with E-state index in [0.29, 0.717) is 0 Å². The van der Waals surface area contributed by atoms with E-state index in [1.165, 1.54) is 12.4 Å². The van der Waals surface area contributed by atoms with Gasteiger partial charge in [-0.2, -0.15) is 0 Å². The third-order valence-corrected chi connectivity index (χ3v) is 1.77. The molecule has 0 aromatic carbocycles. The van der Waals surface area contributed by atoms with Crippen molar-refractivity contribution >= 4 is 11.8 Å². The van der Waals surface area contributed by atoms with Crippen molar-refractivity contribution in [3.05, 3.63) is 23.5 Å². The van der Waals surface area contributed by atoms with Crippen LogP contribution in [0.25, 0.3) is 0 Å². The summed E-state index contributed by atoms with van der Waals surface area (Å²) in [4.78, 5) is 25.4. The number of carbonyl (C=O) groups excluding carboxylic acids is 1. The van der Waals surface area contributed by atoms with E-state index in [-0.39, 0.29) is 29.3 Å². The quantitative estimate of drug-likeness (QED) is 0.673. The molecule has 13 heavy (non-hydrogen) atoms. The predicted molar refractivity (Wildman–Crippen MR) is 41.0 cm³/mol. The van der Waals surface area contributed by atoms with Gasteiger partial charge in [0.1, 0.15) is 11.3 Å². The maximum absolute atomic E-state index is 11.1. The van der Waals surface area contributed by atoms with E-state index in [2.05, 4.69) is 4.98 Å². The number of carboxylic acids is 1. The molecule has 0 fully saturated rings. The summed E-state index contributed by atoms with van der Waals surface area (Å²) in [5, 5.41) is 8.70. The van der Waals surface area contributed by atoms with Crippen LogP contribution in [0.1, 0.15) is 20.7 Å². The molecule has 1 aliphatic rings. The van der Waals surface area contributed by atoms with E-state index in [1.54, 1.807) is 0 Å². The lowest BCUT2D eigenvalue weighted by Gasteiger charge is -2.00. The highest BCUT2D eigenvalue weighted by Gasteiger charge is 2.26. The van der Waals surface area contributed by atoms with Crippen LogP contribution < -0.4 is 4.74 Å². The van der Waals surface area contributed by atoms with E-state index in [9.17, 15) is 9.59 Å². The Labute approximate surface area is 73.0 Å². The predicted octanol–water partition coefficient (Wildman–Crippen LogP) is 0.355. The number of hydrogen-bond acceptors (Lipinski definition) is 4. The Balaban J connectivity index is 2.63. The standard InChI is InChI=1S/C8H5NO4/c10-6-3-13-7-4(6)1-9-2-5(7)8(11)12/h1-2H,3H2,(H,11,12). The van der Waals surface area contributed by atoms with Crippen LogP contribution in [0, 0.1) is 0 Å². The molecule has 0 spiro atoms. The normalized spacial score (nSPS) is 13.7. The summed E-state index contributed by atoms with van der Waals surface area (Å²) in [5.74, 6) is -1.24. The fraction of sp³-hybridized carbons (Fsp3) is 0.125. The minimum atomic E-state index is -1.14. The molecule has 1 N–H and O–H groups in total. The van der Waals surface area contributed by atoms with Crippen LogP contribution in [0.4, 0.5) is 0 Å². The van der Waals surface area contributed by atoms with Crippen LogP contribution in [0.5, 0.6) is 5.75 Å². The Morgan fingerprint density at radius 3 is 3.00 bits per heavy atom. The Morgan fingerprint density at radius 1 is 1.54 bits per heavy atom. The topological polar surface area (TPSA) is 76.5 Å². The van der Waals surface area contributed by atoms with E-state index in [4.69, 9.17) is 9.84 Å². The lowest BCUT2D eigenvalue weighted by atomic mass is 10.1. The number of pyridine rings is 1. The minimum absolute atomic E-state index is 0.0663. The molecule has 1 aromatic rings. The molecule has 5 heteroatoms. The number of Topliss-reactive ketones (excluding diaryl/α,β-unsaturated/α-hetero) is 1. The van der Waals surface area contributed by atoms with Gasteiger partial charge in [-0.15, -0.1) is 0 Å². The maximum atomic E-state index is 11.1. The first-order valence-electron chi connectivity index (χ1n) is 3.57. The first kappa shape index (κ1) is 7.72. The molecule has 66 valence electrons. The van der Waals surface area contributed by atoms with Crippen molar-refractivity contribution in [1.82, 2.24) is 4.98 Å². The van der Waals surface area contributed by atoms with Crippen molar-refractivity contribution in [2.75, 3.05) is 6.61 Å². The molecule has 2 heterocycles. The smallest absolute Gasteiger partial charge is 0.341 e. The van der Waals surface area contributed by atoms with Crippen LogP contribution in [-0.2, 0) is 0 Å². The summed E-state index contributed by atoms with van der Waals surface area (Å²) in [6, 6.07) is 0. The molecule has 0 bridgehead atoms. The third-order valence-electron chi connectivity index (χ3n) is 1.77. The highest BCUT2D eigenvalue weighted by molar-refractivity contribution is 6.05. The molecule has 0 saturated heterocycles. The number of aromatic carboxylic acids is 1. The molecule has 5 nitrogen and oxygen atoms in total. The second-order valence-corrected chi connectivity index (χ2v) is 2.58. The number of hydrogen-bond donors (Lipinski definition) is 1. The Kier molecular flexibility index (Phi) is 1.51. The zero-order chi connectivity index (χ0) is 9.42. The molecule has 0 atom stereocenters. The summed E-state index contributed by atoms with van der Waals surface area (Å²) >= 11 is 0. The number of carboxylic acid groups (broad SMARTS) is 1. The molecule has 1 aromatic heterocycles. The van der Waals surface area contributed by atoms with Crippen molar-refractivity contribution in [3.8, 4) is 5.75 Å². The van der Waals surface area contributed by atoms with Crippen molar-refractivity contribution < 1.29 is 19.4 Å². The molecule has 0 unspecified atom stereocenters. The maximum Gasteiger partial charge on any atom is 0.341 e. The SMILES string of the molecule is O=C(O)c1cncc2c1OCC2=O. The van der Waals surface area contributed by atoms with Gasteiger partial charge in [0.15, 0.2) is 6.61 Å². The monoisotopic (exact) mass is 179 g/mol. The largest absolute Gasteiger partial charge is 0.484 e. The summed E-state index contributed by atoms with van der Waals surface area (Å²) < 4.78 is 4.93. The van der Waals surface area contributed by atoms with Crippen molar-refractivity contribution in [2.45, 2.75) is 0 Å². The minimum Gasteiger partial charge on any atom is -0.484 e. The lowest BCUT2D eigenvalue weighted by Crippen LogP contribution is -2.00. The Morgan fingerprint density at radius 2 is 2.31 bits per heavy atom. The molecule has 0 aliphatic carbocycles. The summed E-state index contributed by atoms with van der Waals surface area (Å²) in [6.07, 6.45) is 2.48. The van der Waals surface area contributed by atoms with E-state index >= 15 is 0 Å². The number of rotatable bonds is 1. The number of aromatic nitrogens is 1. The van der Waals surface area contributed by atoms with E-state index in [0.717, 1.165) is 0 Å². The molecule has 2 rings (SSSR count). The molecule has 0 amide bonds. The van der Waals surface area contributed by atoms with Crippen molar-refractivity contribution in [3.63, 3.8) is 0 Å². The van der Waals surface area contributed by atoms with Crippen LogP contribution in [-0.4, -0.2) is 28.4 Å². The Hall–Kier alpha value is -1.91. The zero-order valence-corrected chi connectivity index (χ0v) is 6.48. The molecular formula is C8H5NO4. The van der Waals surface area contributed by atoms with Crippen LogP contribution in [0.2, 0.25) is 0 Å². The van der Waals surface area contributed by atoms with Gasteiger partial charge in [-0.1, -0.05) is 0 Å². The van der Waals surface area contributed by atoms with E-state index in [1.807, 2.05) is 0 Å². The highest BCUT2D eigenvalue weighted by atomic mass is 16.5. The van der Waals surface area contributed by atoms with Gasteiger partial charge in [-0.25, -0.2) is 4.79 Å². The lowest BCUT2D eigenvalue weighted by molar-refractivity contribution is 0.0691. The summed E-state index contributed by atoms with van der Waals surface area (Å²) in [6.45, 7) is -0.0959. The number of nitrogens with zero attached hydrogens (tertiary/aromatic N) is 1. The van der Waals surface area contributed by atoms with Crippen LogP contribution >= 0.6 is 0 Å². The van der Waals surface area contributed by atoms with Crippen LogP contribution in [0.15, 0.2) is 12.4 Å². The summed E-state index contributed by atoms with van der Waals surface area (Å²) in [5.41, 5.74) is 0.184. The van der Waals surface area contributed by atoms with Crippen molar-refractivity contribution in [2.24, 2.45) is 0 Å². The first-order chi connectivity index (χ1) is 6.20. The van der Waals surface area contributed by atoms with Gasteiger partial charge < -0.3 is 9.84 Å². The first-order valence-corrected chi connectivity index (χ1v) is 3.57. The van der Waals surface area contributed by atoms with Crippen LogP contribution in [0.3, 0.4) is 0 Å². The van der Waals surface area contributed by atoms with Gasteiger partial charge in [0.25, 0.3) is 0 Å². The van der Waals surface area contributed by atoms with Gasteiger partial charge >= 0.3 is 5.97 Å². The zero-order valence-electron chi connectivity index (χ0n) is 6.48. The molecule has 0 saturated carbocycles. The average Bonchev–Trinajstić information content (AvgIpc) is 2.48. The van der Waals surface area contributed by atoms with Gasteiger partial charge in [0.05, 0.1) is 5.56 Å². The third kappa shape index (κ3) is 1.05. The highest BCUT2D eigenvalue weighted by Crippen LogP contribution is 2.27. The van der Waals surface area contributed by atoms with Gasteiger partial charge in [0, 0.05) is 12.4 Å². The number of ether oxygens (including phenoxy) is 1. The van der Waals surface area contributed by atoms with Crippen molar-refractivity contribution in [1.29, 1.82) is 0 Å². The van der Waals surface area contributed by atoms with Gasteiger partial charge in [-0.3, -0.25) is 9.78 Å². The fourth-order valence-electron chi connectivity index (χ4n) is 1.17. The molecule has 1 aliphatic heterocycles. The number of carbonyl (C=O) groups is 2. The average molecular weight is 179 g/mol. The number of ketones is 1. The molecular weight excluding hydrogens is 174 g/mol. The number of fused-ring (bicyclic) bond motifs is 1. The fourth-order valence-corrected chi connectivity index (χ4v) is 1.17. The van der Waals surface area contributed by atoms with Gasteiger partial charge in [-0.05, 0) is 0 Å². The van der Waals surface area contributed by atoms with Gasteiger partial charge in [0.2, 0.25) is 5.78 Å². The second kappa shape index (κ2) is 2.55.